The molecule has 0 saturated heterocycles. The van der Waals surface area contributed by atoms with E-state index >= 15 is 0 Å². The minimum Gasteiger partial charge on any atom is -0.465 e. The number of nitrogens with one attached hydrogen (secondary N) is 1. The van der Waals surface area contributed by atoms with Gasteiger partial charge in [0.15, 0.2) is 5.92 Å². The maximum Gasteiger partial charge on any atom is 0.453 e. The molecular formula is C12H15F3N4O3. The fourth-order valence-electron chi connectivity index (χ4n) is 2.23. The Morgan fingerprint density at radius 3 is 2.59 bits per heavy atom. The van der Waals surface area contributed by atoms with Crippen LogP contribution in [0.2, 0.25) is 0 Å². The molecule has 1 aromatic heterocycles. The second-order valence-corrected chi connectivity index (χ2v) is 5.15. The van der Waals surface area contributed by atoms with Crippen LogP contribution in [0.4, 0.5) is 19.1 Å². The van der Waals surface area contributed by atoms with E-state index in [1.165, 1.54) is 0 Å². The summed E-state index contributed by atoms with van der Waals surface area (Å²) in [6, 6.07) is -0.718. The highest BCUT2D eigenvalue weighted by Crippen LogP contribution is 2.31. The Balaban J connectivity index is 2.44. The molecule has 0 spiro atoms. The van der Waals surface area contributed by atoms with Gasteiger partial charge in [0.2, 0.25) is 5.95 Å². The molecule has 22 heavy (non-hydrogen) atoms. The lowest BCUT2D eigenvalue weighted by molar-refractivity contribution is -0.147. The Bertz CT molecular complexity index is 597. The van der Waals surface area contributed by atoms with E-state index in [0.717, 1.165) is 0 Å². The fraction of sp³-hybridized carbons (Fsp3) is 0.667. The van der Waals surface area contributed by atoms with Crippen LogP contribution in [0, 0.1) is 11.8 Å². The number of anilines is 1. The number of alkyl halides is 3. The summed E-state index contributed by atoms with van der Waals surface area (Å²) in [6.45, 7) is 5.10. The predicted molar refractivity (Wildman–Crippen MR) is 68.0 cm³/mol. The summed E-state index contributed by atoms with van der Waals surface area (Å²) < 4.78 is 43.3. The van der Waals surface area contributed by atoms with E-state index in [0.29, 0.717) is 4.68 Å². The van der Waals surface area contributed by atoms with Gasteiger partial charge in [0.25, 0.3) is 11.7 Å². The number of carbonyl (C=O) groups is 2. The van der Waals surface area contributed by atoms with Crippen LogP contribution in [0.15, 0.2) is 0 Å². The molecule has 0 unspecified atom stereocenters. The summed E-state index contributed by atoms with van der Waals surface area (Å²) in [5, 5.41) is 5.83. The van der Waals surface area contributed by atoms with Crippen LogP contribution < -0.4 is 5.32 Å². The summed E-state index contributed by atoms with van der Waals surface area (Å²) >= 11 is 0. The zero-order chi connectivity index (χ0) is 16.7. The third-order valence-corrected chi connectivity index (χ3v) is 3.25. The molecule has 2 rings (SSSR count). The Morgan fingerprint density at radius 2 is 2.09 bits per heavy atom. The molecule has 7 nitrogen and oxygen atoms in total. The standard InChI is InChI=1S/C12H15F3N4O3/c1-4-22-9(21)6-7(5(2)3)16-11-17-10(12(13,14)15)18-19(11)8(6)20/h5-7H,4H2,1-3H3,(H,16,17,18)/t6-,7-/m1/s1. The third kappa shape index (κ3) is 2.77. The van der Waals surface area contributed by atoms with Crippen molar-refractivity contribution >= 4 is 17.8 Å². The Labute approximate surface area is 123 Å². The Morgan fingerprint density at radius 1 is 1.45 bits per heavy atom. The van der Waals surface area contributed by atoms with Crippen LogP contribution in [0.1, 0.15) is 31.4 Å². The molecular weight excluding hydrogens is 305 g/mol. The number of hydrogen-bond acceptors (Lipinski definition) is 6. The van der Waals surface area contributed by atoms with Crippen LogP contribution >= 0.6 is 0 Å². The molecule has 0 saturated carbocycles. The zero-order valence-electron chi connectivity index (χ0n) is 12.1. The maximum absolute atomic E-state index is 12.7. The van der Waals surface area contributed by atoms with Crippen molar-refractivity contribution in [3.05, 3.63) is 5.82 Å². The molecule has 1 aromatic rings. The minimum absolute atomic E-state index is 0.0610. The molecule has 1 aliphatic rings. The van der Waals surface area contributed by atoms with E-state index < -0.39 is 35.8 Å². The fourth-order valence-corrected chi connectivity index (χ4v) is 2.23. The second kappa shape index (κ2) is 5.58. The normalized spacial score (nSPS) is 21.5. The molecule has 1 N–H and O–H groups in total. The summed E-state index contributed by atoms with van der Waals surface area (Å²) in [7, 11) is 0. The monoisotopic (exact) mass is 320 g/mol. The van der Waals surface area contributed by atoms with E-state index in [4.69, 9.17) is 4.74 Å². The highest BCUT2D eigenvalue weighted by Gasteiger charge is 2.46. The van der Waals surface area contributed by atoms with Crippen molar-refractivity contribution in [2.24, 2.45) is 11.8 Å². The molecule has 0 amide bonds. The van der Waals surface area contributed by atoms with Crippen LogP contribution in [0.25, 0.3) is 0 Å². The van der Waals surface area contributed by atoms with Gasteiger partial charge in [-0.1, -0.05) is 13.8 Å². The first-order chi connectivity index (χ1) is 10.2. The quantitative estimate of drug-likeness (QED) is 0.672. The van der Waals surface area contributed by atoms with E-state index in [-0.39, 0.29) is 18.5 Å². The van der Waals surface area contributed by atoms with Crippen molar-refractivity contribution in [2.45, 2.75) is 33.0 Å². The number of hydrogen-bond donors (Lipinski definition) is 1. The largest absolute Gasteiger partial charge is 0.465 e. The van der Waals surface area contributed by atoms with Gasteiger partial charge in [-0.2, -0.15) is 22.8 Å². The van der Waals surface area contributed by atoms with Crippen molar-refractivity contribution in [1.29, 1.82) is 0 Å². The van der Waals surface area contributed by atoms with Crippen LogP contribution in [0.5, 0.6) is 0 Å². The van der Waals surface area contributed by atoms with Gasteiger partial charge in [0, 0.05) is 0 Å². The van der Waals surface area contributed by atoms with Crippen LogP contribution in [-0.4, -0.2) is 39.3 Å². The lowest BCUT2D eigenvalue weighted by Crippen LogP contribution is -2.50. The molecule has 2 atom stereocenters. The summed E-state index contributed by atoms with van der Waals surface area (Å²) in [5.41, 5.74) is 0. The lowest BCUT2D eigenvalue weighted by atomic mass is 9.88. The van der Waals surface area contributed by atoms with Crippen molar-refractivity contribution in [3.63, 3.8) is 0 Å². The van der Waals surface area contributed by atoms with Crippen molar-refractivity contribution < 1.29 is 27.5 Å². The number of halogens is 3. The first-order valence-electron chi connectivity index (χ1n) is 6.68. The van der Waals surface area contributed by atoms with Gasteiger partial charge in [-0.25, -0.2) is 0 Å². The molecule has 0 aliphatic carbocycles. The number of esters is 1. The molecule has 0 fully saturated rings. The zero-order valence-corrected chi connectivity index (χ0v) is 12.1. The average molecular weight is 320 g/mol. The van der Waals surface area contributed by atoms with Crippen molar-refractivity contribution in [3.8, 4) is 0 Å². The van der Waals surface area contributed by atoms with E-state index in [1.54, 1.807) is 20.8 Å². The van der Waals surface area contributed by atoms with Crippen molar-refractivity contribution in [1.82, 2.24) is 14.8 Å². The van der Waals surface area contributed by atoms with E-state index in [9.17, 15) is 22.8 Å². The van der Waals surface area contributed by atoms with E-state index in [1.807, 2.05) is 0 Å². The van der Waals surface area contributed by atoms with Gasteiger partial charge in [-0.15, -0.1) is 5.10 Å². The first-order valence-corrected chi connectivity index (χ1v) is 6.68. The number of ether oxygens (including phenoxy) is 1. The molecule has 10 heteroatoms. The highest BCUT2D eigenvalue weighted by molar-refractivity contribution is 6.02. The Kier molecular flexibility index (Phi) is 4.12. The van der Waals surface area contributed by atoms with Gasteiger partial charge < -0.3 is 10.1 Å². The molecule has 1 aliphatic heterocycles. The number of carbonyl (C=O) groups excluding carboxylic acids is 2. The number of fused-ring (bicyclic) bond motifs is 1. The van der Waals surface area contributed by atoms with Gasteiger partial charge in [-0.05, 0) is 12.8 Å². The highest BCUT2D eigenvalue weighted by atomic mass is 19.4. The average Bonchev–Trinajstić information content (AvgIpc) is 2.82. The van der Waals surface area contributed by atoms with Gasteiger partial charge in [-0.3, -0.25) is 9.59 Å². The molecule has 0 bridgehead atoms. The topological polar surface area (TPSA) is 86.1 Å². The van der Waals surface area contributed by atoms with Crippen LogP contribution in [0.3, 0.4) is 0 Å². The minimum atomic E-state index is -4.78. The van der Waals surface area contributed by atoms with Crippen LogP contribution in [-0.2, 0) is 15.7 Å². The molecule has 0 radical (unpaired) electrons. The number of aromatic nitrogens is 3. The van der Waals surface area contributed by atoms with Crippen molar-refractivity contribution in [2.75, 3.05) is 11.9 Å². The third-order valence-electron chi connectivity index (χ3n) is 3.25. The summed E-state index contributed by atoms with van der Waals surface area (Å²) in [4.78, 5) is 27.6. The predicted octanol–water partition coefficient (Wildman–Crippen LogP) is 1.57. The smallest absolute Gasteiger partial charge is 0.453 e. The van der Waals surface area contributed by atoms with Gasteiger partial charge in [0.05, 0.1) is 12.6 Å². The molecule has 122 valence electrons. The lowest BCUT2D eigenvalue weighted by Gasteiger charge is -2.32. The first kappa shape index (κ1) is 16.2. The molecule has 2 heterocycles. The van der Waals surface area contributed by atoms with Gasteiger partial charge >= 0.3 is 12.1 Å². The van der Waals surface area contributed by atoms with E-state index in [2.05, 4.69) is 15.4 Å². The number of rotatable bonds is 3. The second-order valence-electron chi connectivity index (χ2n) is 5.15. The molecule has 0 aromatic carbocycles. The summed E-state index contributed by atoms with van der Waals surface area (Å²) in [5.74, 6) is -4.91. The Hall–Kier alpha value is -2.13. The SMILES string of the molecule is CCOC(=O)[C@H]1C(=O)n2nc(C(F)(F)F)nc2N[C@@H]1C(C)C. The van der Waals surface area contributed by atoms with Gasteiger partial charge in [0.1, 0.15) is 0 Å². The number of nitrogens with zero attached hydrogens (tertiary/aromatic N) is 3. The summed E-state index contributed by atoms with van der Waals surface area (Å²) in [6.07, 6.45) is -4.78. The maximum atomic E-state index is 12.7.